The third-order valence-corrected chi connectivity index (χ3v) is 2.80. The van der Waals surface area contributed by atoms with E-state index in [1.807, 2.05) is 35.1 Å². The van der Waals surface area contributed by atoms with Gasteiger partial charge in [-0.05, 0) is 11.1 Å². The summed E-state index contributed by atoms with van der Waals surface area (Å²) < 4.78 is 6.82. The highest BCUT2D eigenvalue weighted by atomic mass is 16.5. The molecule has 0 saturated heterocycles. The largest absolute Gasteiger partial charge is 0.481 e. The van der Waals surface area contributed by atoms with Crippen molar-refractivity contribution in [2.75, 3.05) is 13.7 Å². The molecule has 0 atom stereocenters. The monoisotopic (exact) mass is 260 g/mol. The maximum Gasteiger partial charge on any atom is 0.307 e. The predicted octanol–water partition coefficient (Wildman–Crippen LogP) is 1.82. The minimum absolute atomic E-state index is 0.0490. The summed E-state index contributed by atoms with van der Waals surface area (Å²) in [4.78, 5) is 10.6. The van der Waals surface area contributed by atoms with Crippen LogP contribution in [-0.4, -0.2) is 34.6 Å². The molecule has 0 aliphatic rings. The molecule has 0 aliphatic heterocycles. The number of ether oxygens (including phenoxy) is 1. The standard InChI is InChI=1S/C14H16N2O3/c1-19-7-6-16-10-13(9-15-16)12-4-2-11(3-5-12)8-14(17)18/h2-5,9-10H,6-8H2,1H3,(H,17,18). The van der Waals surface area contributed by atoms with Crippen LogP contribution < -0.4 is 0 Å². The van der Waals surface area contributed by atoms with E-state index in [2.05, 4.69) is 5.10 Å². The maximum atomic E-state index is 10.6. The molecule has 0 amide bonds. The molecule has 1 heterocycles. The molecule has 19 heavy (non-hydrogen) atoms. The number of methoxy groups -OCH3 is 1. The first-order chi connectivity index (χ1) is 9.19. The number of hydrogen-bond donors (Lipinski definition) is 1. The van der Waals surface area contributed by atoms with Crippen molar-refractivity contribution in [1.82, 2.24) is 9.78 Å². The van der Waals surface area contributed by atoms with Crippen molar-refractivity contribution in [2.45, 2.75) is 13.0 Å². The van der Waals surface area contributed by atoms with Crippen molar-refractivity contribution in [1.29, 1.82) is 0 Å². The molecule has 2 rings (SSSR count). The molecular formula is C14H16N2O3. The second kappa shape index (κ2) is 6.15. The summed E-state index contributed by atoms with van der Waals surface area (Å²) in [6, 6.07) is 7.48. The van der Waals surface area contributed by atoms with Crippen LogP contribution in [0.5, 0.6) is 0 Å². The van der Waals surface area contributed by atoms with E-state index in [-0.39, 0.29) is 6.42 Å². The molecule has 0 saturated carbocycles. The third-order valence-electron chi connectivity index (χ3n) is 2.80. The molecule has 100 valence electrons. The first-order valence-corrected chi connectivity index (χ1v) is 6.01. The zero-order valence-corrected chi connectivity index (χ0v) is 10.7. The fraction of sp³-hybridized carbons (Fsp3) is 0.286. The van der Waals surface area contributed by atoms with Crippen molar-refractivity contribution in [3.63, 3.8) is 0 Å². The molecule has 1 N–H and O–H groups in total. The van der Waals surface area contributed by atoms with Gasteiger partial charge in [0.25, 0.3) is 0 Å². The number of nitrogens with zero attached hydrogens (tertiary/aromatic N) is 2. The van der Waals surface area contributed by atoms with Crippen molar-refractivity contribution in [3.05, 3.63) is 42.2 Å². The van der Waals surface area contributed by atoms with Crippen molar-refractivity contribution in [2.24, 2.45) is 0 Å². The van der Waals surface area contributed by atoms with Crippen LogP contribution in [0.4, 0.5) is 0 Å². The highest BCUT2D eigenvalue weighted by Gasteiger charge is 2.04. The molecule has 0 unspecified atom stereocenters. The van der Waals surface area contributed by atoms with E-state index in [0.717, 1.165) is 16.7 Å². The van der Waals surface area contributed by atoms with Crippen molar-refractivity contribution >= 4 is 5.97 Å². The van der Waals surface area contributed by atoms with Crippen molar-refractivity contribution in [3.8, 4) is 11.1 Å². The Balaban J connectivity index is 2.09. The number of carboxylic acids is 1. The molecule has 0 radical (unpaired) electrons. The number of aromatic nitrogens is 2. The zero-order valence-electron chi connectivity index (χ0n) is 10.7. The Labute approximate surface area is 111 Å². The number of benzene rings is 1. The molecule has 0 bridgehead atoms. The van der Waals surface area contributed by atoms with E-state index in [9.17, 15) is 4.79 Å². The molecule has 5 heteroatoms. The highest BCUT2D eigenvalue weighted by Crippen LogP contribution is 2.19. The Morgan fingerprint density at radius 1 is 1.32 bits per heavy atom. The summed E-state index contributed by atoms with van der Waals surface area (Å²) in [5, 5.41) is 13.0. The third kappa shape index (κ3) is 3.66. The molecule has 0 fully saturated rings. The molecule has 0 aliphatic carbocycles. The molecule has 5 nitrogen and oxygen atoms in total. The minimum Gasteiger partial charge on any atom is -0.481 e. The number of aliphatic carboxylic acids is 1. The molecule has 1 aromatic heterocycles. The van der Waals surface area contributed by atoms with Gasteiger partial charge in [0.2, 0.25) is 0 Å². The quantitative estimate of drug-likeness (QED) is 0.860. The van der Waals surface area contributed by atoms with Crippen molar-refractivity contribution < 1.29 is 14.6 Å². The van der Waals surface area contributed by atoms with E-state index in [4.69, 9.17) is 9.84 Å². The lowest BCUT2D eigenvalue weighted by atomic mass is 10.1. The summed E-state index contributed by atoms with van der Waals surface area (Å²) in [7, 11) is 1.66. The van der Waals surface area contributed by atoms with Crippen LogP contribution in [0.1, 0.15) is 5.56 Å². The molecular weight excluding hydrogens is 244 g/mol. The Hall–Kier alpha value is -2.14. The van der Waals surface area contributed by atoms with Gasteiger partial charge in [-0.15, -0.1) is 0 Å². The second-order valence-electron chi connectivity index (χ2n) is 4.25. The van der Waals surface area contributed by atoms with E-state index in [1.54, 1.807) is 13.3 Å². The van der Waals surface area contributed by atoms with Gasteiger partial charge >= 0.3 is 5.97 Å². The average Bonchev–Trinajstić information content (AvgIpc) is 2.85. The number of hydrogen-bond acceptors (Lipinski definition) is 3. The van der Waals surface area contributed by atoms with Crippen LogP contribution >= 0.6 is 0 Å². The fourth-order valence-electron chi connectivity index (χ4n) is 1.81. The lowest BCUT2D eigenvalue weighted by molar-refractivity contribution is -0.136. The van der Waals surface area contributed by atoms with Crippen LogP contribution in [0, 0.1) is 0 Å². The first kappa shape index (κ1) is 13.3. The lowest BCUT2D eigenvalue weighted by Gasteiger charge is -2.01. The Bertz CT molecular complexity index is 546. The number of rotatable bonds is 6. The normalized spacial score (nSPS) is 10.6. The zero-order chi connectivity index (χ0) is 13.7. The van der Waals surface area contributed by atoms with Gasteiger partial charge in [0.1, 0.15) is 0 Å². The summed E-state index contributed by atoms with van der Waals surface area (Å²) >= 11 is 0. The second-order valence-corrected chi connectivity index (χ2v) is 4.25. The molecule has 2 aromatic rings. The van der Waals surface area contributed by atoms with Gasteiger partial charge in [0, 0.05) is 18.9 Å². The molecule has 0 spiro atoms. The summed E-state index contributed by atoms with van der Waals surface area (Å²) in [5.74, 6) is -0.819. The summed E-state index contributed by atoms with van der Waals surface area (Å²) in [6.07, 6.45) is 3.79. The molecule has 1 aromatic carbocycles. The van der Waals surface area contributed by atoms with Gasteiger partial charge in [0.05, 0.1) is 25.8 Å². The highest BCUT2D eigenvalue weighted by molar-refractivity contribution is 5.71. The van der Waals surface area contributed by atoms with Crippen LogP contribution in [-0.2, 0) is 22.5 Å². The summed E-state index contributed by atoms with van der Waals surface area (Å²) in [6.45, 7) is 1.34. The SMILES string of the molecule is COCCn1cc(-c2ccc(CC(=O)O)cc2)cn1. The van der Waals surface area contributed by atoms with Gasteiger partial charge in [-0.25, -0.2) is 0 Å². The Morgan fingerprint density at radius 2 is 2.05 bits per heavy atom. The number of carboxylic acid groups (broad SMARTS) is 1. The maximum absolute atomic E-state index is 10.6. The van der Waals surface area contributed by atoms with Crippen LogP contribution in [0.25, 0.3) is 11.1 Å². The smallest absolute Gasteiger partial charge is 0.307 e. The van der Waals surface area contributed by atoms with Gasteiger partial charge in [0.15, 0.2) is 0 Å². The van der Waals surface area contributed by atoms with E-state index in [0.29, 0.717) is 13.2 Å². The topological polar surface area (TPSA) is 64.3 Å². The minimum atomic E-state index is -0.819. The van der Waals surface area contributed by atoms with E-state index < -0.39 is 5.97 Å². The van der Waals surface area contributed by atoms with Gasteiger partial charge in [-0.2, -0.15) is 5.10 Å². The van der Waals surface area contributed by atoms with E-state index in [1.165, 1.54) is 0 Å². The lowest BCUT2D eigenvalue weighted by Crippen LogP contribution is -2.03. The van der Waals surface area contributed by atoms with Gasteiger partial charge < -0.3 is 9.84 Å². The summed E-state index contributed by atoms with van der Waals surface area (Å²) in [5.41, 5.74) is 2.83. The predicted molar refractivity (Wildman–Crippen MR) is 70.9 cm³/mol. The van der Waals surface area contributed by atoms with Crippen LogP contribution in [0.15, 0.2) is 36.7 Å². The van der Waals surface area contributed by atoms with Crippen LogP contribution in [0.3, 0.4) is 0 Å². The number of carbonyl (C=O) groups is 1. The van der Waals surface area contributed by atoms with Gasteiger partial charge in [-0.3, -0.25) is 9.48 Å². The van der Waals surface area contributed by atoms with Crippen LogP contribution in [0.2, 0.25) is 0 Å². The fourth-order valence-corrected chi connectivity index (χ4v) is 1.81. The average molecular weight is 260 g/mol. The van der Waals surface area contributed by atoms with Gasteiger partial charge in [-0.1, -0.05) is 24.3 Å². The Kier molecular flexibility index (Phi) is 4.30. The Morgan fingerprint density at radius 3 is 2.68 bits per heavy atom. The first-order valence-electron chi connectivity index (χ1n) is 6.01. The van der Waals surface area contributed by atoms with E-state index >= 15 is 0 Å².